The normalized spacial score (nSPS) is 10.1. The summed E-state index contributed by atoms with van der Waals surface area (Å²) in [4.78, 5) is 1.92. The molecule has 0 spiro atoms. The van der Waals surface area contributed by atoms with E-state index >= 15 is 0 Å². The van der Waals surface area contributed by atoms with Gasteiger partial charge >= 0.3 is 0 Å². The Morgan fingerprint density at radius 1 is 1.30 bits per heavy atom. The summed E-state index contributed by atoms with van der Waals surface area (Å²) in [6.45, 7) is 3.26. The molecule has 4 nitrogen and oxygen atoms in total. The minimum atomic E-state index is 0.635. The number of thiocarbonyl (C=S) groups is 1. The Morgan fingerprint density at radius 2 is 2.05 bits per heavy atom. The SMILES string of the molecule is CCOc1ccc(NC(=S)N(C)Cc2ccco2)cc1. The Bertz CT molecular complexity index is 538. The maximum atomic E-state index is 5.40. The second kappa shape index (κ2) is 6.96. The van der Waals surface area contributed by atoms with Gasteiger partial charge in [0.1, 0.15) is 11.5 Å². The molecular formula is C15H18N2O2S. The van der Waals surface area contributed by atoms with Crippen LogP contribution in [0.5, 0.6) is 5.75 Å². The van der Waals surface area contributed by atoms with E-state index in [0.29, 0.717) is 18.3 Å². The van der Waals surface area contributed by atoms with Gasteiger partial charge < -0.3 is 19.4 Å². The zero-order valence-electron chi connectivity index (χ0n) is 11.6. The van der Waals surface area contributed by atoms with Crippen LogP contribution in [0, 0.1) is 0 Å². The summed E-state index contributed by atoms with van der Waals surface area (Å²) < 4.78 is 10.7. The van der Waals surface area contributed by atoms with Crippen molar-refractivity contribution >= 4 is 23.0 Å². The molecule has 2 rings (SSSR count). The van der Waals surface area contributed by atoms with Gasteiger partial charge in [-0.05, 0) is 55.5 Å². The molecule has 1 aromatic carbocycles. The third-order valence-corrected chi connectivity index (χ3v) is 3.15. The Hall–Kier alpha value is -2.01. The molecular weight excluding hydrogens is 272 g/mol. The Kier molecular flexibility index (Phi) is 5.01. The highest BCUT2D eigenvalue weighted by Crippen LogP contribution is 2.16. The molecule has 0 aliphatic heterocycles. The molecule has 0 saturated heterocycles. The third kappa shape index (κ3) is 3.99. The first-order valence-corrected chi connectivity index (χ1v) is 6.87. The van der Waals surface area contributed by atoms with Crippen LogP contribution >= 0.6 is 12.2 Å². The molecule has 0 aliphatic rings. The first-order chi connectivity index (χ1) is 9.69. The molecule has 0 aliphatic carbocycles. The molecule has 0 amide bonds. The van der Waals surface area contributed by atoms with Gasteiger partial charge in [0, 0.05) is 12.7 Å². The average molecular weight is 290 g/mol. The van der Waals surface area contributed by atoms with Crippen LogP contribution in [0.25, 0.3) is 0 Å². The van der Waals surface area contributed by atoms with Crippen LogP contribution in [-0.2, 0) is 6.54 Å². The fourth-order valence-corrected chi connectivity index (χ4v) is 1.91. The number of rotatable bonds is 5. The van der Waals surface area contributed by atoms with E-state index in [-0.39, 0.29) is 0 Å². The van der Waals surface area contributed by atoms with E-state index in [9.17, 15) is 0 Å². The van der Waals surface area contributed by atoms with E-state index in [0.717, 1.165) is 17.2 Å². The van der Waals surface area contributed by atoms with Crippen LogP contribution in [0.2, 0.25) is 0 Å². The zero-order valence-corrected chi connectivity index (χ0v) is 12.4. The fourth-order valence-electron chi connectivity index (χ4n) is 1.73. The zero-order chi connectivity index (χ0) is 14.4. The van der Waals surface area contributed by atoms with Gasteiger partial charge in [-0.1, -0.05) is 0 Å². The highest BCUT2D eigenvalue weighted by molar-refractivity contribution is 7.80. The van der Waals surface area contributed by atoms with E-state index in [1.807, 2.05) is 55.3 Å². The summed E-state index contributed by atoms with van der Waals surface area (Å²) in [7, 11) is 1.92. The minimum Gasteiger partial charge on any atom is -0.494 e. The van der Waals surface area contributed by atoms with Crippen molar-refractivity contribution in [3.63, 3.8) is 0 Å². The predicted octanol–water partition coefficient (Wildman–Crippen LogP) is 3.51. The van der Waals surface area contributed by atoms with E-state index in [2.05, 4.69) is 5.32 Å². The molecule has 2 aromatic rings. The molecule has 0 saturated carbocycles. The molecule has 0 unspecified atom stereocenters. The largest absolute Gasteiger partial charge is 0.494 e. The Balaban J connectivity index is 1.90. The second-order valence-electron chi connectivity index (χ2n) is 4.32. The lowest BCUT2D eigenvalue weighted by atomic mass is 10.3. The Labute approximate surface area is 124 Å². The third-order valence-electron chi connectivity index (χ3n) is 2.74. The van der Waals surface area contributed by atoms with Crippen molar-refractivity contribution < 1.29 is 9.15 Å². The molecule has 20 heavy (non-hydrogen) atoms. The van der Waals surface area contributed by atoms with E-state index < -0.39 is 0 Å². The number of nitrogens with zero attached hydrogens (tertiary/aromatic N) is 1. The number of ether oxygens (including phenoxy) is 1. The van der Waals surface area contributed by atoms with E-state index in [4.69, 9.17) is 21.4 Å². The number of benzene rings is 1. The van der Waals surface area contributed by atoms with Crippen LogP contribution < -0.4 is 10.1 Å². The summed E-state index contributed by atoms with van der Waals surface area (Å²) in [5, 5.41) is 3.83. The van der Waals surface area contributed by atoms with Gasteiger partial charge in [-0.15, -0.1) is 0 Å². The number of anilines is 1. The van der Waals surface area contributed by atoms with Crippen molar-refractivity contribution in [3.05, 3.63) is 48.4 Å². The van der Waals surface area contributed by atoms with Crippen molar-refractivity contribution in [2.45, 2.75) is 13.5 Å². The second-order valence-corrected chi connectivity index (χ2v) is 4.71. The molecule has 5 heteroatoms. The van der Waals surface area contributed by atoms with Crippen molar-refractivity contribution in [1.29, 1.82) is 0 Å². The van der Waals surface area contributed by atoms with Gasteiger partial charge in [0.15, 0.2) is 5.11 Å². The van der Waals surface area contributed by atoms with Crippen LogP contribution in [0.15, 0.2) is 47.1 Å². The molecule has 0 atom stereocenters. The first kappa shape index (κ1) is 14.4. The van der Waals surface area contributed by atoms with Crippen molar-refractivity contribution in [2.75, 3.05) is 19.0 Å². The van der Waals surface area contributed by atoms with Gasteiger partial charge in [-0.3, -0.25) is 0 Å². The van der Waals surface area contributed by atoms with Crippen molar-refractivity contribution in [2.24, 2.45) is 0 Å². The lowest BCUT2D eigenvalue weighted by molar-refractivity contribution is 0.340. The van der Waals surface area contributed by atoms with E-state index in [1.165, 1.54) is 0 Å². The molecule has 0 fully saturated rings. The topological polar surface area (TPSA) is 37.6 Å². The van der Waals surface area contributed by atoms with E-state index in [1.54, 1.807) is 6.26 Å². The van der Waals surface area contributed by atoms with Crippen molar-refractivity contribution in [1.82, 2.24) is 4.90 Å². The summed E-state index contributed by atoms with van der Waals surface area (Å²) in [5.41, 5.74) is 0.935. The maximum Gasteiger partial charge on any atom is 0.173 e. The summed E-state index contributed by atoms with van der Waals surface area (Å²) >= 11 is 5.36. The highest BCUT2D eigenvalue weighted by Gasteiger charge is 2.07. The molecule has 0 radical (unpaired) electrons. The molecule has 106 valence electrons. The van der Waals surface area contributed by atoms with Crippen LogP contribution in [0.4, 0.5) is 5.69 Å². The lowest BCUT2D eigenvalue weighted by Crippen LogP contribution is -2.30. The van der Waals surface area contributed by atoms with Gasteiger partial charge in [-0.2, -0.15) is 0 Å². The number of hydrogen-bond donors (Lipinski definition) is 1. The van der Waals surface area contributed by atoms with Crippen molar-refractivity contribution in [3.8, 4) is 5.75 Å². The Morgan fingerprint density at radius 3 is 2.65 bits per heavy atom. The lowest BCUT2D eigenvalue weighted by Gasteiger charge is -2.20. The molecule has 1 heterocycles. The molecule has 1 aromatic heterocycles. The highest BCUT2D eigenvalue weighted by atomic mass is 32.1. The summed E-state index contributed by atoms with van der Waals surface area (Å²) in [5.74, 6) is 1.73. The fraction of sp³-hybridized carbons (Fsp3) is 0.267. The van der Waals surface area contributed by atoms with Crippen LogP contribution in [-0.4, -0.2) is 23.7 Å². The van der Waals surface area contributed by atoms with Crippen LogP contribution in [0.3, 0.4) is 0 Å². The predicted molar refractivity (Wildman–Crippen MR) is 84.0 cm³/mol. The number of furan rings is 1. The van der Waals surface area contributed by atoms with Gasteiger partial charge in [-0.25, -0.2) is 0 Å². The smallest absolute Gasteiger partial charge is 0.173 e. The number of hydrogen-bond acceptors (Lipinski definition) is 3. The number of nitrogens with one attached hydrogen (secondary N) is 1. The van der Waals surface area contributed by atoms with Crippen LogP contribution in [0.1, 0.15) is 12.7 Å². The maximum absolute atomic E-state index is 5.40. The summed E-state index contributed by atoms with van der Waals surface area (Å²) in [6, 6.07) is 11.5. The van der Waals surface area contributed by atoms with Gasteiger partial charge in [0.2, 0.25) is 0 Å². The quantitative estimate of drug-likeness (QED) is 0.853. The molecule has 0 bridgehead atoms. The standard InChI is InChI=1S/C15H18N2O2S/c1-3-18-13-8-6-12(7-9-13)16-15(20)17(2)11-14-5-4-10-19-14/h4-10H,3,11H2,1-2H3,(H,16,20). The monoisotopic (exact) mass is 290 g/mol. The molecule has 1 N–H and O–H groups in total. The first-order valence-electron chi connectivity index (χ1n) is 6.46. The minimum absolute atomic E-state index is 0.635. The average Bonchev–Trinajstić information content (AvgIpc) is 2.94. The van der Waals surface area contributed by atoms with Gasteiger partial charge in [0.05, 0.1) is 19.4 Å². The van der Waals surface area contributed by atoms with Gasteiger partial charge in [0.25, 0.3) is 0 Å². The summed E-state index contributed by atoms with van der Waals surface area (Å²) in [6.07, 6.45) is 1.66.